The molecule has 0 bridgehead atoms. The molecule has 0 radical (unpaired) electrons. The molecule has 0 saturated carbocycles. The van der Waals surface area contributed by atoms with E-state index in [1.165, 1.54) is 19.3 Å². The molecule has 128 valence electrons. The first-order valence-corrected chi connectivity index (χ1v) is 8.30. The SMILES string of the molecule is COc1ccccc1OCC(=O)NCC(C)(C)N1CCCCC1. The van der Waals surface area contributed by atoms with Gasteiger partial charge in [-0.15, -0.1) is 0 Å². The number of hydrogen-bond acceptors (Lipinski definition) is 4. The second-order valence-corrected chi connectivity index (χ2v) is 6.58. The summed E-state index contributed by atoms with van der Waals surface area (Å²) in [6.45, 7) is 7.21. The van der Waals surface area contributed by atoms with Gasteiger partial charge < -0.3 is 14.8 Å². The van der Waals surface area contributed by atoms with Gasteiger partial charge in [-0.25, -0.2) is 0 Å². The van der Waals surface area contributed by atoms with Crippen LogP contribution >= 0.6 is 0 Å². The lowest BCUT2D eigenvalue weighted by Gasteiger charge is -2.41. The zero-order valence-electron chi connectivity index (χ0n) is 14.4. The van der Waals surface area contributed by atoms with Crippen LogP contribution in [-0.4, -0.2) is 49.7 Å². The lowest BCUT2D eigenvalue weighted by atomic mass is 9.98. The summed E-state index contributed by atoms with van der Waals surface area (Å²) >= 11 is 0. The quantitative estimate of drug-likeness (QED) is 0.838. The van der Waals surface area contributed by atoms with Gasteiger partial charge in [0, 0.05) is 12.1 Å². The Bertz CT molecular complexity index is 511. The molecule has 1 N–H and O–H groups in total. The van der Waals surface area contributed by atoms with Gasteiger partial charge >= 0.3 is 0 Å². The van der Waals surface area contributed by atoms with Crippen LogP contribution in [0.5, 0.6) is 11.5 Å². The van der Waals surface area contributed by atoms with E-state index >= 15 is 0 Å². The van der Waals surface area contributed by atoms with Crippen molar-refractivity contribution in [1.29, 1.82) is 0 Å². The molecular weight excluding hydrogens is 292 g/mol. The fourth-order valence-corrected chi connectivity index (χ4v) is 2.86. The molecule has 1 aromatic carbocycles. The molecule has 1 heterocycles. The lowest BCUT2D eigenvalue weighted by molar-refractivity contribution is -0.123. The molecule has 5 nitrogen and oxygen atoms in total. The third-order valence-corrected chi connectivity index (χ3v) is 4.36. The molecule has 0 aromatic heterocycles. The second-order valence-electron chi connectivity index (χ2n) is 6.58. The average Bonchev–Trinajstić information content (AvgIpc) is 2.59. The van der Waals surface area contributed by atoms with Gasteiger partial charge in [0.05, 0.1) is 7.11 Å². The molecule has 1 amide bonds. The molecule has 1 aliphatic rings. The van der Waals surface area contributed by atoms with E-state index in [9.17, 15) is 4.79 Å². The van der Waals surface area contributed by atoms with Crippen molar-refractivity contribution in [2.45, 2.75) is 38.6 Å². The maximum Gasteiger partial charge on any atom is 0.258 e. The summed E-state index contributed by atoms with van der Waals surface area (Å²) in [6, 6.07) is 7.33. The maximum absolute atomic E-state index is 12.1. The Balaban J connectivity index is 1.78. The molecule has 2 rings (SSSR count). The molecule has 0 aliphatic carbocycles. The van der Waals surface area contributed by atoms with Gasteiger partial charge in [0.2, 0.25) is 0 Å². The van der Waals surface area contributed by atoms with Gasteiger partial charge in [0.15, 0.2) is 18.1 Å². The molecule has 0 unspecified atom stereocenters. The maximum atomic E-state index is 12.1. The summed E-state index contributed by atoms with van der Waals surface area (Å²) in [5.41, 5.74) is -0.0273. The van der Waals surface area contributed by atoms with Crippen LogP contribution in [0, 0.1) is 0 Å². The molecule has 23 heavy (non-hydrogen) atoms. The number of carbonyl (C=O) groups excluding carboxylic acids is 1. The highest BCUT2D eigenvalue weighted by Crippen LogP contribution is 2.25. The summed E-state index contributed by atoms with van der Waals surface area (Å²) in [4.78, 5) is 14.5. The van der Waals surface area contributed by atoms with E-state index < -0.39 is 0 Å². The third kappa shape index (κ3) is 5.13. The standard InChI is InChI=1S/C18H28N2O3/c1-18(2,20-11-7-4-8-12-20)14-19-17(21)13-23-16-10-6-5-9-15(16)22-3/h5-6,9-10H,4,7-8,11-14H2,1-3H3,(H,19,21). The number of hydrogen-bond donors (Lipinski definition) is 1. The van der Waals surface area contributed by atoms with Crippen LogP contribution in [0.1, 0.15) is 33.1 Å². The zero-order valence-corrected chi connectivity index (χ0v) is 14.4. The molecule has 0 spiro atoms. The highest BCUT2D eigenvalue weighted by atomic mass is 16.5. The Morgan fingerprint density at radius 3 is 2.48 bits per heavy atom. The lowest BCUT2D eigenvalue weighted by Crippen LogP contribution is -2.53. The van der Waals surface area contributed by atoms with Gasteiger partial charge in [-0.05, 0) is 51.9 Å². The van der Waals surface area contributed by atoms with Crippen molar-refractivity contribution in [3.63, 3.8) is 0 Å². The van der Waals surface area contributed by atoms with Crippen molar-refractivity contribution < 1.29 is 14.3 Å². The van der Waals surface area contributed by atoms with Gasteiger partial charge in [-0.3, -0.25) is 9.69 Å². The largest absolute Gasteiger partial charge is 0.493 e. The number of ether oxygens (including phenoxy) is 2. The number of piperidine rings is 1. The zero-order chi connectivity index (χ0) is 16.7. The molecule has 1 aromatic rings. The first-order chi connectivity index (χ1) is 11.0. The van der Waals surface area contributed by atoms with E-state index in [1.807, 2.05) is 18.2 Å². The van der Waals surface area contributed by atoms with Crippen LogP contribution in [0.3, 0.4) is 0 Å². The normalized spacial score (nSPS) is 16.0. The molecule has 1 saturated heterocycles. The number of likely N-dealkylation sites (tertiary alicyclic amines) is 1. The predicted molar refractivity (Wildman–Crippen MR) is 91.0 cm³/mol. The highest BCUT2D eigenvalue weighted by Gasteiger charge is 2.28. The van der Waals surface area contributed by atoms with E-state index in [0.29, 0.717) is 18.0 Å². The molecule has 1 aliphatic heterocycles. The Labute approximate surface area is 139 Å². The Kier molecular flexibility index (Phi) is 6.28. The van der Waals surface area contributed by atoms with Crippen LogP contribution in [0.15, 0.2) is 24.3 Å². The van der Waals surface area contributed by atoms with Gasteiger partial charge in [0.25, 0.3) is 5.91 Å². The monoisotopic (exact) mass is 320 g/mol. The molecular formula is C18H28N2O3. The highest BCUT2D eigenvalue weighted by molar-refractivity contribution is 5.77. The summed E-state index contributed by atoms with van der Waals surface area (Å²) in [5.74, 6) is 1.11. The van der Waals surface area contributed by atoms with E-state index in [4.69, 9.17) is 9.47 Å². The van der Waals surface area contributed by atoms with E-state index in [0.717, 1.165) is 13.1 Å². The van der Waals surface area contributed by atoms with Crippen LogP contribution < -0.4 is 14.8 Å². The molecule has 1 fully saturated rings. The number of rotatable bonds is 7. The smallest absolute Gasteiger partial charge is 0.258 e. The number of benzene rings is 1. The fraction of sp³-hybridized carbons (Fsp3) is 0.611. The fourth-order valence-electron chi connectivity index (χ4n) is 2.86. The van der Waals surface area contributed by atoms with E-state index in [-0.39, 0.29) is 18.1 Å². The van der Waals surface area contributed by atoms with Crippen molar-refractivity contribution in [3.8, 4) is 11.5 Å². The van der Waals surface area contributed by atoms with Crippen molar-refractivity contribution in [3.05, 3.63) is 24.3 Å². The number of amides is 1. The number of para-hydroxylation sites is 2. The first-order valence-electron chi connectivity index (χ1n) is 8.30. The predicted octanol–water partition coefficient (Wildman–Crippen LogP) is 2.45. The van der Waals surface area contributed by atoms with E-state index in [1.54, 1.807) is 13.2 Å². The van der Waals surface area contributed by atoms with Crippen molar-refractivity contribution in [2.24, 2.45) is 0 Å². The Morgan fingerprint density at radius 2 is 1.83 bits per heavy atom. The van der Waals surface area contributed by atoms with Gasteiger partial charge in [0.1, 0.15) is 0 Å². The third-order valence-electron chi connectivity index (χ3n) is 4.36. The topological polar surface area (TPSA) is 50.8 Å². The number of methoxy groups -OCH3 is 1. The summed E-state index contributed by atoms with van der Waals surface area (Å²) in [5, 5.41) is 2.98. The first kappa shape index (κ1) is 17.6. The van der Waals surface area contributed by atoms with Crippen molar-refractivity contribution >= 4 is 5.91 Å². The molecule has 5 heteroatoms. The minimum Gasteiger partial charge on any atom is -0.493 e. The number of carbonyl (C=O) groups is 1. The van der Waals surface area contributed by atoms with Crippen LogP contribution in [0.25, 0.3) is 0 Å². The van der Waals surface area contributed by atoms with Gasteiger partial charge in [-0.2, -0.15) is 0 Å². The summed E-state index contributed by atoms with van der Waals surface area (Å²) in [7, 11) is 1.59. The van der Waals surface area contributed by atoms with Crippen LogP contribution in [0.2, 0.25) is 0 Å². The van der Waals surface area contributed by atoms with E-state index in [2.05, 4.69) is 24.1 Å². The number of nitrogens with zero attached hydrogens (tertiary/aromatic N) is 1. The minimum atomic E-state index is -0.110. The van der Waals surface area contributed by atoms with Crippen LogP contribution in [-0.2, 0) is 4.79 Å². The Hall–Kier alpha value is -1.75. The molecule has 0 atom stereocenters. The van der Waals surface area contributed by atoms with Gasteiger partial charge in [-0.1, -0.05) is 18.6 Å². The van der Waals surface area contributed by atoms with Crippen molar-refractivity contribution in [2.75, 3.05) is 33.4 Å². The summed E-state index contributed by atoms with van der Waals surface area (Å²) < 4.78 is 10.8. The van der Waals surface area contributed by atoms with Crippen LogP contribution in [0.4, 0.5) is 0 Å². The minimum absolute atomic E-state index is 0.00352. The average molecular weight is 320 g/mol. The second kappa shape index (κ2) is 8.20. The Morgan fingerprint density at radius 1 is 1.17 bits per heavy atom. The van der Waals surface area contributed by atoms with Crippen molar-refractivity contribution in [1.82, 2.24) is 10.2 Å². The summed E-state index contributed by atoms with van der Waals surface area (Å²) in [6.07, 6.45) is 3.80. The number of nitrogens with one attached hydrogen (secondary N) is 1.